The van der Waals surface area contributed by atoms with Crippen molar-refractivity contribution in [2.24, 2.45) is 0 Å². The second kappa shape index (κ2) is 10.8. The van der Waals surface area contributed by atoms with Crippen molar-refractivity contribution < 1.29 is 14.3 Å². The maximum absolute atomic E-state index is 13.1. The number of carbonyl (C=O) groups is 2. The van der Waals surface area contributed by atoms with Gasteiger partial charge in [0, 0.05) is 13.6 Å². The molecule has 1 unspecified atom stereocenters. The molecule has 0 heterocycles. The molecule has 0 aliphatic rings. The number of amides is 2. The Labute approximate surface area is 180 Å². The highest BCUT2D eigenvalue weighted by atomic mass is 16.5. The Morgan fingerprint density at radius 1 is 1.03 bits per heavy atom. The van der Waals surface area contributed by atoms with Gasteiger partial charge in [-0.2, -0.15) is 0 Å². The van der Waals surface area contributed by atoms with E-state index in [-0.39, 0.29) is 23.8 Å². The van der Waals surface area contributed by atoms with Gasteiger partial charge in [0.15, 0.2) is 6.61 Å². The van der Waals surface area contributed by atoms with Crippen molar-refractivity contribution in [1.29, 1.82) is 0 Å². The molecule has 2 aromatic rings. The average Bonchev–Trinajstić information content (AvgIpc) is 2.74. The van der Waals surface area contributed by atoms with Gasteiger partial charge in [-0.05, 0) is 35.4 Å². The van der Waals surface area contributed by atoms with E-state index in [9.17, 15) is 9.59 Å². The third kappa shape index (κ3) is 6.34. The zero-order valence-electron chi connectivity index (χ0n) is 18.8. The van der Waals surface area contributed by atoms with E-state index < -0.39 is 6.04 Å². The van der Waals surface area contributed by atoms with Crippen LogP contribution < -0.4 is 10.1 Å². The maximum Gasteiger partial charge on any atom is 0.261 e. The zero-order chi connectivity index (χ0) is 22.1. The molecular formula is C25H34N2O3. The first-order chi connectivity index (χ1) is 14.3. The summed E-state index contributed by atoms with van der Waals surface area (Å²) >= 11 is 0. The quantitative estimate of drug-likeness (QED) is 0.681. The summed E-state index contributed by atoms with van der Waals surface area (Å²) in [6, 6.07) is 17.2. The summed E-state index contributed by atoms with van der Waals surface area (Å²) in [5.41, 5.74) is 2.08. The van der Waals surface area contributed by atoms with Gasteiger partial charge in [-0.15, -0.1) is 0 Å². The molecule has 5 nitrogen and oxygen atoms in total. The van der Waals surface area contributed by atoms with Crippen LogP contribution in [0.25, 0.3) is 0 Å². The van der Waals surface area contributed by atoms with Crippen LogP contribution in [0.1, 0.15) is 45.2 Å². The molecule has 1 atom stereocenters. The predicted octanol–water partition coefficient (Wildman–Crippen LogP) is 3.96. The molecule has 0 bridgehead atoms. The molecule has 1 N–H and O–H groups in total. The van der Waals surface area contributed by atoms with E-state index in [4.69, 9.17) is 4.74 Å². The lowest BCUT2D eigenvalue weighted by Crippen LogP contribution is -2.50. The minimum atomic E-state index is -0.521. The number of likely N-dealkylation sites (N-methyl/N-ethyl adjacent to an activating group) is 1. The van der Waals surface area contributed by atoms with Gasteiger partial charge in [-0.25, -0.2) is 0 Å². The molecule has 0 aliphatic carbocycles. The van der Waals surface area contributed by atoms with Gasteiger partial charge in [0.1, 0.15) is 11.8 Å². The van der Waals surface area contributed by atoms with Crippen molar-refractivity contribution in [3.05, 3.63) is 65.7 Å². The molecule has 0 saturated heterocycles. The average molecular weight is 411 g/mol. The number of nitrogens with one attached hydrogen (secondary N) is 1. The first-order valence-corrected chi connectivity index (χ1v) is 10.5. The second-order valence-corrected chi connectivity index (χ2v) is 8.40. The summed E-state index contributed by atoms with van der Waals surface area (Å²) in [5, 5.41) is 2.68. The van der Waals surface area contributed by atoms with Crippen molar-refractivity contribution in [2.75, 3.05) is 20.2 Å². The first kappa shape index (κ1) is 23.5. The third-order valence-electron chi connectivity index (χ3n) is 5.16. The predicted molar refractivity (Wildman–Crippen MR) is 121 cm³/mol. The number of hydrogen-bond acceptors (Lipinski definition) is 3. The first-order valence-electron chi connectivity index (χ1n) is 10.5. The number of para-hydroxylation sites is 1. The van der Waals surface area contributed by atoms with Crippen molar-refractivity contribution in [2.45, 2.75) is 52.0 Å². The summed E-state index contributed by atoms with van der Waals surface area (Å²) in [5.74, 6) is 0.355. The lowest BCUT2D eigenvalue weighted by Gasteiger charge is -2.30. The van der Waals surface area contributed by atoms with Gasteiger partial charge < -0.3 is 15.0 Å². The molecule has 0 fully saturated rings. The number of nitrogens with zero attached hydrogens (tertiary/aromatic N) is 1. The highest BCUT2D eigenvalue weighted by molar-refractivity contribution is 5.88. The van der Waals surface area contributed by atoms with Crippen LogP contribution in [0.2, 0.25) is 0 Å². The molecule has 0 spiro atoms. The van der Waals surface area contributed by atoms with Gasteiger partial charge in [0.05, 0.1) is 0 Å². The molecular weight excluding hydrogens is 376 g/mol. The number of carbonyl (C=O) groups excluding carboxylic acids is 2. The monoisotopic (exact) mass is 410 g/mol. The Kier molecular flexibility index (Phi) is 8.46. The van der Waals surface area contributed by atoms with E-state index in [1.807, 2.05) is 61.5 Å². The molecule has 5 heteroatoms. The lowest BCUT2D eigenvalue weighted by molar-refractivity contribution is -0.142. The van der Waals surface area contributed by atoms with Crippen molar-refractivity contribution in [3.8, 4) is 5.75 Å². The fourth-order valence-corrected chi connectivity index (χ4v) is 3.50. The molecule has 0 aliphatic heterocycles. The van der Waals surface area contributed by atoms with Gasteiger partial charge in [0.2, 0.25) is 5.91 Å². The molecule has 162 valence electrons. The molecule has 30 heavy (non-hydrogen) atoms. The van der Waals surface area contributed by atoms with Crippen LogP contribution in [0.15, 0.2) is 54.6 Å². The van der Waals surface area contributed by atoms with E-state index in [1.165, 1.54) is 0 Å². The SMILES string of the molecule is CCC(C(=O)NC)N(CCc1ccccc1)C(=O)COc1ccccc1C(C)(C)C. The Morgan fingerprint density at radius 3 is 2.27 bits per heavy atom. The summed E-state index contributed by atoms with van der Waals surface area (Å²) in [6.45, 7) is 8.61. The van der Waals surface area contributed by atoms with Gasteiger partial charge in [0.25, 0.3) is 5.91 Å². The van der Waals surface area contributed by atoms with Crippen LogP contribution in [-0.2, 0) is 21.4 Å². The number of ether oxygens (including phenoxy) is 1. The fraction of sp³-hybridized carbons (Fsp3) is 0.440. The Morgan fingerprint density at radius 2 is 1.67 bits per heavy atom. The second-order valence-electron chi connectivity index (χ2n) is 8.40. The molecule has 0 saturated carbocycles. The Bertz CT molecular complexity index is 828. The van der Waals surface area contributed by atoms with Gasteiger partial charge in [-0.1, -0.05) is 76.2 Å². The molecule has 2 rings (SSSR count). The smallest absolute Gasteiger partial charge is 0.261 e. The topological polar surface area (TPSA) is 58.6 Å². The molecule has 2 amide bonds. The summed E-state index contributed by atoms with van der Waals surface area (Å²) < 4.78 is 5.94. The Hall–Kier alpha value is -2.82. The number of rotatable bonds is 9. The third-order valence-corrected chi connectivity index (χ3v) is 5.16. The molecule has 0 radical (unpaired) electrons. The Balaban J connectivity index is 2.17. The molecule has 0 aromatic heterocycles. The van der Waals surface area contributed by atoms with E-state index in [0.717, 1.165) is 11.1 Å². The van der Waals surface area contributed by atoms with E-state index in [1.54, 1.807) is 11.9 Å². The van der Waals surface area contributed by atoms with Crippen LogP contribution in [0.5, 0.6) is 5.75 Å². The summed E-state index contributed by atoms with van der Waals surface area (Å²) in [6.07, 6.45) is 1.22. The van der Waals surface area contributed by atoms with E-state index in [2.05, 4.69) is 26.1 Å². The van der Waals surface area contributed by atoms with Gasteiger partial charge >= 0.3 is 0 Å². The van der Waals surface area contributed by atoms with Crippen LogP contribution in [-0.4, -0.2) is 43.0 Å². The van der Waals surface area contributed by atoms with Crippen molar-refractivity contribution >= 4 is 11.8 Å². The molecule has 2 aromatic carbocycles. The largest absolute Gasteiger partial charge is 0.483 e. The van der Waals surface area contributed by atoms with Crippen molar-refractivity contribution in [1.82, 2.24) is 10.2 Å². The van der Waals surface area contributed by atoms with Crippen LogP contribution in [0, 0.1) is 0 Å². The minimum Gasteiger partial charge on any atom is -0.483 e. The van der Waals surface area contributed by atoms with Crippen LogP contribution >= 0.6 is 0 Å². The van der Waals surface area contributed by atoms with E-state index >= 15 is 0 Å². The summed E-state index contributed by atoms with van der Waals surface area (Å²) in [4.78, 5) is 27.2. The highest BCUT2D eigenvalue weighted by Gasteiger charge is 2.28. The maximum atomic E-state index is 13.1. The van der Waals surface area contributed by atoms with Crippen LogP contribution in [0.4, 0.5) is 0 Å². The zero-order valence-corrected chi connectivity index (χ0v) is 18.8. The number of hydrogen-bond donors (Lipinski definition) is 1. The van der Waals surface area contributed by atoms with Gasteiger partial charge in [-0.3, -0.25) is 9.59 Å². The number of benzene rings is 2. The standard InChI is InChI=1S/C25H34N2O3/c1-6-21(24(29)26-5)27(17-16-19-12-8-7-9-13-19)23(28)18-30-22-15-11-10-14-20(22)25(2,3)4/h7-15,21H,6,16-18H2,1-5H3,(H,26,29). The van der Waals surface area contributed by atoms with Crippen molar-refractivity contribution in [3.63, 3.8) is 0 Å². The fourth-order valence-electron chi connectivity index (χ4n) is 3.50. The van der Waals surface area contributed by atoms with Crippen LogP contribution in [0.3, 0.4) is 0 Å². The minimum absolute atomic E-state index is 0.0965. The normalized spacial score (nSPS) is 12.2. The highest BCUT2D eigenvalue weighted by Crippen LogP contribution is 2.31. The van der Waals surface area contributed by atoms with E-state index in [0.29, 0.717) is 25.1 Å². The lowest BCUT2D eigenvalue weighted by atomic mass is 9.86. The summed E-state index contributed by atoms with van der Waals surface area (Å²) in [7, 11) is 1.60.